The maximum atomic E-state index is 11.9. The van der Waals surface area contributed by atoms with Crippen LogP contribution in [0.4, 0.5) is 0 Å². The highest BCUT2D eigenvalue weighted by Gasteiger charge is 2.24. The quantitative estimate of drug-likeness (QED) is 0.626. The molecule has 2 aromatic rings. The largest absolute Gasteiger partial charge is 0.402 e. The lowest BCUT2D eigenvalue weighted by atomic mass is 10.1. The second kappa shape index (κ2) is 5.32. The number of aromatic nitrogens is 1. The van der Waals surface area contributed by atoms with E-state index in [0.717, 1.165) is 16.7 Å². The molecule has 0 N–H and O–H groups in total. The molecule has 3 rings (SSSR count). The van der Waals surface area contributed by atoms with Crippen molar-refractivity contribution in [2.75, 3.05) is 0 Å². The molecule has 4 nitrogen and oxygen atoms in total. The number of esters is 1. The molecule has 2 heterocycles. The van der Waals surface area contributed by atoms with Gasteiger partial charge in [-0.25, -0.2) is 9.79 Å². The first kappa shape index (κ1) is 13.2. The lowest BCUT2D eigenvalue weighted by molar-refractivity contribution is -0.129. The Morgan fingerprint density at radius 2 is 2.00 bits per heavy atom. The number of aryl methyl sites for hydroxylation is 2. The van der Waals surface area contributed by atoms with E-state index in [1.807, 2.05) is 38.1 Å². The van der Waals surface area contributed by atoms with Gasteiger partial charge in [0.1, 0.15) is 0 Å². The molecule has 0 fully saturated rings. The first-order valence-corrected chi connectivity index (χ1v) is 6.64. The summed E-state index contributed by atoms with van der Waals surface area (Å²) in [7, 11) is 0. The van der Waals surface area contributed by atoms with Crippen LogP contribution in [0.15, 0.2) is 53.4 Å². The molecule has 0 amide bonds. The van der Waals surface area contributed by atoms with Crippen molar-refractivity contribution in [1.82, 2.24) is 4.98 Å². The van der Waals surface area contributed by atoms with Gasteiger partial charge in [-0.15, -0.1) is 0 Å². The molecule has 0 saturated heterocycles. The number of carbonyl (C=O) groups excluding carboxylic acids is 1. The zero-order valence-electron chi connectivity index (χ0n) is 11.8. The maximum Gasteiger partial charge on any atom is 0.363 e. The number of benzene rings is 1. The van der Waals surface area contributed by atoms with E-state index >= 15 is 0 Å². The molecule has 0 aliphatic carbocycles. The monoisotopic (exact) mass is 278 g/mol. The molecule has 104 valence electrons. The van der Waals surface area contributed by atoms with E-state index in [0.29, 0.717) is 5.90 Å². The molecule has 4 heteroatoms. The number of hydrogen-bond acceptors (Lipinski definition) is 4. The van der Waals surface area contributed by atoms with Crippen molar-refractivity contribution in [1.29, 1.82) is 0 Å². The van der Waals surface area contributed by atoms with Gasteiger partial charge >= 0.3 is 5.97 Å². The third-order valence-corrected chi connectivity index (χ3v) is 3.36. The van der Waals surface area contributed by atoms with Crippen LogP contribution in [0.2, 0.25) is 0 Å². The summed E-state index contributed by atoms with van der Waals surface area (Å²) in [4.78, 5) is 20.2. The normalized spacial score (nSPS) is 16.0. The SMILES string of the molecule is Cc1ccc(C2=N/C(=C/c3cccnc3)C(=O)O2)cc1C. The van der Waals surface area contributed by atoms with Gasteiger partial charge in [0, 0.05) is 18.0 Å². The van der Waals surface area contributed by atoms with Crippen LogP contribution in [0.1, 0.15) is 22.3 Å². The first-order valence-electron chi connectivity index (χ1n) is 6.64. The van der Waals surface area contributed by atoms with Crippen LogP contribution in [0.3, 0.4) is 0 Å². The average molecular weight is 278 g/mol. The van der Waals surface area contributed by atoms with E-state index in [9.17, 15) is 4.79 Å². The number of nitrogens with zero attached hydrogens (tertiary/aromatic N) is 2. The van der Waals surface area contributed by atoms with E-state index < -0.39 is 5.97 Å². The topological polar surface area (TPSA) is 51.5 Å². The summed E-state index contributed by atoms with van der Waals surface area (Å²) < 4.78 is 5.25. The minimum absolute atomic E-state index is 0.288. The van der Waals surface area contributed by atoms with Crippen LogP contribution >= 0.6 is 0 Å². The Morgan fingerprint density at radius 1 is 1.14 bits per heavy atom. The zero-order valence-corrected chi connectivity index (χ0v) is 11.8. The maximum absolute atomic E-state index is 11.9. The molecule has 0 radical (unpaired) electrons. The third-order valence-electron chi connectivity index (χ3n) is 3.36. The van der Waals surface area contributed by atoms with E-state index in [-0.39, 0.29) is 5.70 Å². The van der Waals surface area contributed by atoms with Crippen molar-refractivity contribution < 1.29 is 9.53 Å². The molecule has 21 heavy (non-hydrogen) atoms. The highest BCUT2D eigenvalue weighted by molar-refractivity contribution is 6.12. The van der Waals surface area contributed by atoms with Gasteiger partial charge in [0.25, 0.3) is 0 Å². The Balaban J connectivity index is 1.95. The zero-order chi connectivity index (χ0) is 14.8. The van der Waals surface area contributed by atoms with Crippen molar-refractivity contribution >= 4 is 17.9 Å². The number of pyridine rings is 1. The fourth-order valence-corrected chi connectivity index (χ4v) is 2.03. The summed E-state index contributed by atoms with van der Waals surface area (Å²) in [5.41, 5.74) is 4.23. The number of carbonyl (C=O) groups is 1. The molecule has 1 aromatic heterocycles. The van der Waals surface area contributed by atoms with Gasteiger partial charge in [0.15, 0.2) is 5.70 Å². The van der Waals surface area contributed by atoms with Crippen LogP contribution in [0, 0.1) is 13.8 Å². The molecule has 0 unspecified atom stereocenters. The van der Waals surface area contributed by atoms with E-state index in [2.05, 4.69) is 9.98 Å². The van der Waals surface area contributed by atoms with Gasteiger partial charge < -0.3 is 4.74 Å². The summed E-state index contributed by atoms with van der Waals surface area (Å²) in [6.07, 6.45) is 5.02. The van der Waals surface area contributed by atoms with E-state index in [1.165, 1.54) is 5.56 Å². The van der Waals surface area contributed by atoms with Crippen LogP contribution in [0.25, 0.3) is 6.08 Å². The molecule has 1 aliphatic heterocycles. The van der Waals surface area contributed by atoms with E-state index in [1.54, 1.807) is 24.5 Å². The Morgan fingerprint density at radius 3 is 2.71 bits per heavy atom. The Hall–Kier alpha value is -2.75. The summed E-state index contributed by atoms with van der Waals surface area (Å²) in [6.45, 7) is 4.05. The van der Waals surface area contributed by atoms with Gasteiger partial charge in [-0.2, -0.15) is 0 Å². The predicted octanol–water partition coefficient (Wildman–Crippen LogP) is 3.04. The molecule has 1 aromatic carbocycles. The molecular weight excluding hydrogens is 264 g/mol. The van der Waals surface area contributed by atoms with Crippen LogP contribution in [0.5, 0.6) is 0 Å². The van der Waals surface area contributed by atoms with Gasteiger partial charge in [-0.1, -0.05) is 12.1 Å². The Kier molecular flexibility index (Phi) is 3.36. The summed E-state index contributed by atoms with van der Waals surface area (Å²) in [5, 5.41) is 0. The summed E-state index contributed by atoms with van der Waals surface area (Å²) >= 11 is 0. The van der Waals surface area contributed by atoms with Crippen molar-refractivity contribution in [2.24, 2.45) is 4.99 Å². The number of aliphatic imine (C=N–C) groups is 1. The molecule has 0 saturated carbocycles. The van der Waals surface area contributed by atoms with Gasteiger partial charge in [-0.3, -0.25) is 4.98 Å². The molecule has 0 spiro atoms. The van der Waals surface area contributed by atoms with E-state index in [4.69, 9.17) is 4.74 Å². The van der Waals surface area contributed by atoms with Crippen molar-refractivity contribution in [2.45, 2.75) is 13.8 Å². The molecule has 0 bridgehead atoms. The third kappa shape index (κ3) is 2.74. The summed E-state index contributed by atoms with van der Waals surface area (Å²) in [5.74, 6) is -0.0923. The Labute approximate surface area is 122 Å². The lowest BCUT2D eigenvalue weighted by Gasteiger charge is -2.03. The minimum atomic E-state index is -0.438. The average Bonchev–Trinajstić information content (AvgIpc) is 2.84. The predicted molar refractivity (Wildman–Crippen MR) is 80.8 cm³/mol. The smallest absolute Gasteiger partial charge is 0.363 e. The summed E-state index contributed by atoms with van der Waals surface area (Å²) in [6, 6.07) is 9.53. The van der Waals surface area contributed by atoms with Crippen LogP contribution in [-0.2, 0) is 9.53 Å². The highest BCUT2D eigenvalue weighted by atomic mass is 16.6. The second-order valence-corrected chi connectivity index (χ2v) is 4.92. The number of rotatable bonds is 2. The standard InChI is InChI=1S/C17H14N2O2/c1-11-5-6-14(8-12(11)2)16-19-15(17(20)21-16)9-13-4-3-7-18-10-13/h3-10H,1-2H3/b15-9+. The van der Waals surface area contributed by atoms with Gasteiger partial charge in [0.2, 0.25) is 5.90 Å². The second-order valence-electron chi connectivity index (χ2n) is 4.92. The number of hydrogen-bond donors (Lipinski definition) is 0. The molecule has 1 aliphatic rings. The lowest BCUT2D eigenvalue weighted by Crippen LogP contribution is -2.05. The highest BCUT2D eigenvalue weighted by Crippen LogP contribution is 2.20. The first-order chi connectivity index (χ1) is 10.1. The number of ether oxygens (including phenoxy) is 1. The van der Waals surface area contributed by atoms with Crippen molar-refractivity contribution in [3.8, 4) is 0 Å². The van der Waals surface area contributed by atoms with Crippen LogP contribution in [-0.4, -0.2) is 16.9 Å². The fraction of sp³-hybridized carbons (Fsp3) is 0.118. The van der Waals surface area contributed by atoms with Gasteiger partial charge in [0.05, 0.1) is 0 Å². The van der Waals surface area contributed by atoms with Crippen LogP contribution < -0.4 is 0 Å². The van der Waals surface area contributed by atoms with Gasteiger partial charge in [-0.05, 0) is 54.8 Å². The minimum Gasteiger partial charge on any atom is -0.402 e. The fourth-order valence-electron chi connectivity index (χ4n) is 2.03. The van der Waals surface area contributed by atoms with Crippen molar-refractivity contribution in [3.63, 3.8) is 0 Å². The number of cyclic esters (lactones) is 1. The molecular formula is C17H14N2O2. The Bertz CT molecular complexity index is 762. The molecule has 0 atom stereocenters. The van der Waals surface area contributed by atoms with Crippen molar-refractivity contribution in [3.05, 3.63) is 70.7 Å².